The van der Waals surface area contributed by atoms with Gasteiger partial charge in [0.25, 0.3) is 0 Å². The molecular weight excluding hydrogens is 178 g/mol. The van der Waals surface area contributed by atoms with Crippen LogP contribution in [0.4, 0.5) is 0 Å². The molecule has 0 saturated carbocycles. The van der Waals surface area contributed by atoms with Gasteiger partial charge in [-0.05, 0) is 32.2 Å². The van der Waals surface area contributed by atoms with Gasteiger partial charge in [-0.25, -0.2) is 0 Å². The van der Waals surface area contributed by atoms with Crippen LogP contribution in [-0.4, -0.2) is 24.2 Å². The fraction of sp³-hybridized carbons (Fsp3) is 0.909. The minimum absolute atomic E-state index is 0.206. The quantitative estimate of drug-likeness (QED) is 0.691. The summed E-state index contributed by atoms with van der Waals surface area (Å²) < 4.78 is 0. The van der Waals surface area contributed by atoms with Crippen molar-refractivity contribution in [2.45, 2.75) is 40.2 Å². The molecule has 0 rings (SSSR count). The summed E-state index contributed by atoms with van der Waals surface area (Å²) in [5.41, 5.74) is 0. The molecule has 2 N–H and O–H groups in total. The third-order valence-electron chi connectivity index (χ3n) is 2.87. The first-order valence-corrected chi connectivity index (χ1v) is 5.30. The molecule has 0 aliphatic rings. The zero-order valence-corrected chi connectivity index (χ0v) is 9.87. The number of carboxylic acid groups (broad SMARTS) is 1. The molecule has 0 aliphatic heterocycles. The van der Waals surface area contributed by atoms with Crippen molar-refractivity contribution in [1.29, 1.82) is 0 Å². The molecule has 84 valence electrons. The molecule has 0 fully saturated rings. The van der Waals surface area contributed by atoms with Crippen molar-refractivity contribution in [3.05, 3.63) is 0 Å². The predicted octanol–water partition coefficient (Wildman–Crippen LogP) is 1.98. The van der Waals surface area contributed by atoms with Crippen molar-refractivity contribution in [1.82, 2.24) is 5.32 Å². The highest BCUT2D eigenvalue weighted by atomic mass is 16.4. The number of carboxylic acids is 1. The summed E-state index contributed by atoms with van der Waals surface area (Å²) in [6.07, 6.45) is 0.954. The molecule has 0 aromatic heterocycles. The van der Waals surface area contributed by atoms with Gasteiger partial charge in [-0.1, -0.05) is 20.8 Å². The average molecular weight is 201 g/mol. The van der Waals surface area contributed by atoms with E-state index in [1.807, 2.05) is 14.0 Å². The van der Waals surface area contributed by atoms with Crippen molar-refractivity contribution in [3.8, 4) is 0 Å². The summed E-state index contributed by atoms with van der Waals surface area (Å²) in [6, 6.07) is 0.253. The van der Waals surface area contributed by atoms with E-state index in [0.717, 1.165) is 6.42 Å². The topological polar surface area (TPSA) is 49.3 Å². The first-order valence-electron chi connectivity index (χ1n) is 5.30. The number of hydrogen-bond donors (Lipinski definition) is 2. The molecule has 0 aromatic carbocycles. The van der Waals surface area contributed by atoms with Crippen molar-refractivity contribution < 1.29 is 9.90 Å². The molecule has 3 heteroatoms. The zero-order chi connectivity index (χ0) is 11.3. The summed E-state index contributed by atoms with van der Waals surface area (Å²) in [5.74, 6) is -0.229. The fourth-order valence-electron chi connectivity index (χ4n) is 1.78. The lowest BCUT2D eigenvalue weighted by Gasteiger charge is -2.28. The van der Waals surface area contributed by atoms with Gasteiger partial charge in [0.1, 0.15) is 0 Å². The van der Waals surface area contributed by atoms with Gasteiger partial charge < -0.3 is 10.4 Å². The van der Waals surface area contributed by atoms with E-state index in [0.29, 0.717) is 5.92 Å². The number of carbonyl (C=O) groups is 1. The van der Waals surface area contributed by atoms with E-state index in [4.69, 9.17) is 5.11 Å². The molecule has 0 saturated heterocycles. The van der Waals surface area contributed by atoms with Crippen molar-refractivity contribution in [2.75, 3.05) is 7.05 Å². The van der Waals surface area contributed by atoms with Gasteiger partial charge >= 0.3 is 5.97 Å². The van der Waals surface area contributed by atoms with Crippen LogP contribution in [0.25, 0.3) is 0 Å². The Bertz CT molecular complexity index is 180. The Balaban J connectivity index is 4.45. The van der Waals surface area contributed by atoms with Gasteiger partial charge in [0.15, 0.2) is 0 Å². The largest absolute Gasteiger partial charge is 0.481 e. The van der Waals surface area contributed by atoms with Gasteiger partial charge in [0.2, 0.25) is 0 Å². The molecule has 3 nitrogen and oxygen atoms in total. The maximum absolute atomic E-state index is 10.9. The molecule has 2 unspecified atom stereocenters. The molecule has 0 radical (unpaired) electrons. The Morgan fingerprint density at radius 1 is 1.29 bits per heavy atom. The highest BCUT2D eigenvalue weighted by Crippen LogP contribution is 2.24. The maximum atomic E-state index is 10.9. The second-order valence-corrected chi connectivity index (χ2v) is 4.50. The smallest absolute Gasteiger partial charge is 0.306 e. The monoisotopic (exact) mass is 201 g/mol. The van der Waals surface area contributed by atoms with E-state index in [-0.39, 0.29) is 17.9 Å². The number of rotatable bonds is 6. The normalized spacial score (nSPS) is 17.9. The van der Waals surface area contributed by atoms with Crippen LogP contribution in [0, 0.1) is 17.8 Å². The lowest BCUT2D eigenvalue weighted by molar-refractivity contribution is -0.143. The minimum Gasteiger partial charge on any atom is -0.481 e. The second-order valence-electron chi connectivity index (χ2n) is 4.50. The number of aliphatic carboxylic acids is 1. The molecular formula is C11H23NO2. The van der Waals surface area contributed by atoms with Gasteiger partial charge in [-0.15, -0.1) is 0 Å². The molecule has 0 heterocycles. The highest BCUT2D eigenvalue weighted by molar-refractivity contribution is 5.69. The summed E-state index contributed by atoms with van der Waals surface area (Å²) >= 11 is 0. The Morgan fingerprint density at radius 3 is 2.07 bits per heavy atom. The van der Waals surface area contributed by atoms with Gasteiger partial charge in [0, 0.05) is 6.04 Å². The molecule has 0 amide bonds. The first kappa shape index (κ1) is 13.4. The van der Waals surface area contributed by atoms with E-state index in [9.17, 15) is 4.79 Å². The Morgan fingerprint density at radius 2 is 1.79 bits per heavy atom. The van der Waals surface area contributed by atoms with E-state index in [1.54, 1.807) is 6.92 Å². The second kappa shape index (κ2) is 6.02. The molecule has 0 aliphatic carbocycles. The third-order valence-corrected chi connectivity index (χ3v) is 2.87. The molecule has 3 atom stereocenters. The van der Waals surface area contributed by atoms with E-state index >= 15 is 0 Å². The van der Waals surface area contributed by atoms with Crippen LogP contribution in [0.5, 0.6) is 0 Å². The van der Waals surface area contributed by atoms with Crippen LogP contribution in [0.3, 0.4) is 0 Å². The minimum atomic E-state index is -0.697. The van der Waals surface area contributed by atoms with E-state index in [1.165, 1.54) is 0 Å². The summed E-state index contributed by atoms with van der Waals surface area (Å²) in [6.45, 7) is 8.10. The Hall–Kier alpha value is -0.570. The van der Waals surface area contributed by atoms with Crippen LogP contribution < -0.4 is 5.32 Å². The van der Waals surface area contributed by atoms with Gasteiger partial charge in [0.05, 0.1) is 5.92 Å². The Labute approximate surface area is 86.9 Å². The third kappa shape index (κ3) is 4.09. The summed E-state index contributed by atoms with van der Waals surface area (Å²) in [7, 11) is 1.88. The van der Waals surface area contributed by atoms with Crippen LogP contribution >= 0.6 is 0 Å². The maximum Gasteiger partial charge on any atom is 0.306 e. The summed E-state index contributed by atoms with van der Waals surface area (Å²) in [4.78, 5) is 10.9. The number of hydrogen-bond acceptors (Lipinski definition) is 2. The average Bonchev–Trinajstić information content (AvgIpc) is 2.11. The van der Waals surface area contributed by atoms with Crippen LogP contribution in [-0.2, 0) is 4.79 Å². The first-order chi connectivity index (χ1) is 6.40. The lowest BCUT2D eigenvalue weighted by Crippen LogP contribution is -2.38. The van der Waals surface area contributed by atoms with Crippen LogP contribution in [0.15, 0.2) is 0 Å². The number of nitrogens with one attached hydrogen (secondary N) is 1. The molecule has 0 aromatic rings. The van der Waals surface area contributed by atoms with Crippen LogP contribution in [0.2, 0.25) is 0 Å². The zero-order valence-electron chi connectivity index (χ0n) is 9.87. The summed E-state index contributed by atoms with van der Waals surface area (Å²) in [5, 5.41) is 12.1. The molecule has 0 spiro atoms. The Kier molecular flexibility index (Phi) is 5.77. The van der Waals surface area contributed by atoms with E-state index < -0.39 is 5.97 Å². The van der Waals surface area contributed by atoms with E-state index in [2.05, 4.69) is 19.2 Å². The van der Waals surface area contributed by atoms with Crippen molar-refractivity contribution >= 4 is 5.97 Å². The van der Waals surface area contributed by atoms with Gasteiger partial charge in [-0.3, -0.25) is 4.79 Å². The van der Waals surface area contributed by atoms with Crippen molar-refractivity contribution in [3.63, 3.8) is 0 Å². The van der Waals surface area contributed by atoms with Crippen LogP contribution in [0.1, 0.15) is 34.1 Å². The fourth-order valence-corrected chi connectivity index (χ4v) is 1.78. The molecule has 0 bridgehead atoms. The predicted molar refractivity (Wildman–Crippen MR) is 58.3 cm³/mol. The highest BCUT2D eigenvalue weighted by Gasteiger charge is 2.28. The molecule has 14 heavy (non-hydrogen) atoms. The van der Waals surface area contributed by atoms with Crippen molar-refractivity contribution in [2.24, 2.45) is 17.8 Å². The van der Waals surface area contributed by atoms with Gasteiger partial charge in [-0.2, -0.15) is 0 Å². The standard InChI is InChI=1S/C11H23NO2/c1-7(2)6-10(9(4)12-5)8(3)11(13)14/h7-10,12H,6H2,1-5H3,(H,13,14)/t8?,9?,10-/m0/s1. The SMILES string of the molecule is CNC(C)[C@@H](CC(C)C)C(C)C(=O)O. The lowest BCUT2D eigenvalue weighted by atomic mass is 9.82.